The van der Waals surface area contributed by atoms with E-state index in [0.717, 1.165) is 6.07 Å². The van der Waals surface area contributed by atoms with Crippen LogP contribution in [0.25, 0.3) is 0 Å². The first kappa shape index (κ1) is 13.1. The Hall–Kier alpha value is -2.37. The lowest BCUT2D eigenvalue weighted by Gasteiger charge is -2.07. The van der Waals surface area contributed by atoms with E-state index in [9.17, 15) is 18.0 Å². The molecule has 19 heavy (non-hydrogen) atoms. The fourth-order valence-electron chi connectivity index (χ4n) is 1.58. The largest absolute Gasteiger partial charge is 0.494 e. The number of ketones is 1. The summed E-state index contributed by atoms with van der Waals surface area (Å²) >= 11 is 0. The van der Waals surface area contributed by atoms with Gasteiger partial charge in [0, 0.05) is 6.20 Å². The highest BCUT2D eigenvalue weighted by Gasteiger charge is 2.22. The van der Waals surface area contributed by atoms with Crippen molar-refractivity contribution in [2.45, 2.75) is 0 Å². The summed E-state index contributed by atoms with van der Waals surface area (Å²) in [7, 11) is 1.31. The molecule has 0 radical (unpaired) electrons. The maximum Gasteiger partial charge on any atom is 0.199 e. The molecule has 0 bridgehead atoms. The molecule has 1 aromatic carbocycles. The number of methoxy groups -OCH3 is 1. The zero-order valence-electron chi connectivity index (χ0n) is 9.78. The van der Waals surface area contributed by atoms with Gasteiger partial charge in [0.1, 0.15) is 5.75 Å². The number of hydrogen-bond donors (Lipinski definition) is 0. The minimum Gasteiger partial charge on any atom is -0.494 e. The van der Waals surface area contributed by atoms with Crippen molar-refractivity contribution in [1.29, 1.82) is 0 Å². The number of halogens is 3. The second-order valence-corrected chi connectivity index (χ2v) is 3.63. The Morgan fingerprint density at radius 3 is 2.53 bits per heavy atom. The summed E-state index contributed by atoms with van der Waals surface area (Å²) in [6, 6.07) is 2.89. The van der Waals surface area contributed by atoms with Crippen molar-refractivity contribution in [2.75, 3.05) is 7.11 Å². The van der Waals surface area contributed by atoms with Gasteiger partial charge >= 0.3 is 0 Å². The summed E-state index contributed by atoms with van der Waals surface area (Å²) in [5.41, 5.74) is -0.550. The van der Waals surface area contributed by atoms with Crippen molar-refractivity contribution in [3.8, 4) is 5.75 Å². The summed E-state index contributed by atoms with van der Waals surface area (Å²) in [6.45, 7) is 0. The summed E-state index contributed by atoms with van der Waals surface area (Å²) in [5.74, 6) is -5.24. The molecule has 2 rings (SSSR count). The van der Waals surface area contributed by atoms with Crippen molar-refractivity contribution >= 4 is 5.78 Å². The number of benzene rings is 1. The van der Waals surface area contributed by atoms with Crippen LogP contribution in [0.4, 0.5) is 13.2 Å². The first-order valence-corrected chi connectivity index (χ1v) is 5.22. The van der Waals surface area contributed by atoms with Gasteiger partial charge in [0.15, 0.2) is 23.2 Å². The summed E-state index contributed by atoms with van der Waals surface area (Å²) < 4.78 is 44.4. The van der Waals surface area contributed by atoms with Crippen LogP contribution in [0.15, 0.2) is 30.6 Å². The zero-order valence-corrected chi connectivity index (χ0v) is 9.78. The topological polar surface area (TPSA) is 39.2 Å². The third-order valence-corrected chi connectivity index (χ3v) is 2.53. The molecule has 0 saturated heterocycles. The van der Waals surface area contributed by atoms with Gasteiger partial charge in [-0.15, -0.1) is 0 Å². The molecule has 0 unspecified atom stereocenters. The minimum absolute atomic E-state index is 0.0161. The van der Waals surface area contributed by atoms with Gasteiger partial charge < -0.3 is 4.74 Å². The van der Waals surface area contributed by atoms with Gasteiger partial charge in [-0.25, -0.2) is 13.2 Å². The van der Waals surface area contributed by atoms with E-state index in [-0.39, 0.29) is 11.3 Å². The van der Waals surface area contributed by atoms with E-state index < -0.39 is 28.8 Å². The van der Waals surface area contributed by atoms with E-state index in [1.165, 1.54) is 25.6 Å². The lowest BCUT2D eigenvalue weighted by Crippen LogP contribution is -2.09. The molecule has 6 heteroatoms. The molecule has 0 saturated carbocycles. The molecule has 1 heterocycles. The van der Waals surface area contributed by atoms with Crippen LogP contribution in [0, 0.1) is 17.5 Å². The Kier molecular flexibility index (Phi) is 3.50. The van der Waals surface area contributed by atoms with E-state index in [1.807, 2.05) is 0 Å². The highest BCUT2D eigenvalue weighted by molar-refractivity contribution is 6.10. The molecule has 0 N–H and O–H groups in total. The smallest absolute Gasteiger partial charge is 0.199 e. The minimum atomic E-state index is -1.68. The maximum absolute atomic E-state index is 13.5. The van der Waals surface area contributed by atoms with Crippen LogP contribution >= 0.6 is 0 Å². The quantitative estimate of drug-likeness (QED) is 0.634. The molecule has 0 aliphatic rings. The molecule has 2 aromatic rings. The van der Waals surface area contributed by atoms with Crippen LogP contribution in [-0.4, -0.2) is 17.9 Å². The third kappa shape index (κ3) is 2.29. The number of carbonyl (C=O) groups excluding carboxylic acids is 1. The van der Waals surface area contributed by atoms with Crippen molar-refractivity contribution in [3.05, 3.63) is 59.2 Å². The molecule has 0 amide bonds. The van der Waals surface area contributed by atoms with Gasteiger partial charge in [-0.3, -0.25) is 9.78 Å². The normalized spacial score (nSPS) is 10.3. The van der Waals surface area contributed by atoms with Gasteiger partial charge in [-0.05, 0) is 18.2 Å². The Balaban J connectivity index is 2.54. The van der Waals surface area contributed by atoms with Crippen LogP contribution in [-0.2, 0) is 0 Å². The average molecular weight is 267 g/mol. The summed E-state index contributed by atoms with van der Waals surface area (Å²) in [4.78, 5) is 15.8. The molecule has 98 valence electrons. The van der Waals surface area contributed by atoms with E-state index in [2.05, 4.69) is 4.98 Å². The molecule has 0 aliphatic heterocycles. The molecule has 3 nitrogen and oxygen atoms in total. The standard InChI is InChI=1S/C13H8F3NO2/c1-19-10-6-17-5-4-7(10)13(18)8-2-3-9(14)12(16)11(8)15/h2-6H,1H3. The fourth-order valence-corrected chi connectivity index (χ4v) is 1.58. The van der Waals surface area contributed by atoms with Gasteiger partial charge in [0.2, 0.25) is 0 Å². The number of nitrogens with zero attached hydrogens (tertiary/aromatic N) is 1. The van der Waals surface area contributed by atoms with Crippen LogP contribution in [0.5, 0.6) is 5.75 Å². The Bertz CT molecular complexity index is 644. The van der Waals surface area contributed by atoms with Crippen molar-refractivity contribution in [1.82, 2.24) is 4.98 Å². The van der Waals surface area contributed by atoms with Crippen LogP contribution in [0.1, 0.15) is 15.9 Å². The van der Waals surface area contributed by atoms with Gasteiger partial charge in [-0.1, -0.05) is 0 Å². The highest BCUT2D eigenvalue weighted by atomic mass is 19.2. The van der Waals surface area contributed by atoms with E-state index in [1.54, 1.807) is 0 Å². The molecule has 1 aromatic heterocycles. The molecular weight excluding hydrogens is 259 g/mol. The summed E-state index contributed by atoms with van der Waals surface area (Å²) in [6.07, 6.45) is 2.58. The second kappa shape index (κ2) is 5.09. The van der Waals surface area contributed by atoms with Gasteiger partial charge in [-0.2, -0.15) is 0 Å². The lowest BCUT2D eigenvalue weighted by atomic mass is 10.0. The van der Waals surface area contributed by atoms with E-state index in [4.69, 9.17) is 4.74 Å². The Morgan fingerprint density at radius 1 is 1.11 bits per heavy atom. The fraction of sp³-hybridized carbons (Fsp3) is 0.0769. The molecule has 0 fully saturated rings. The monoisotopic (exact) mass is 267 g/mol. The SMILES string of the molecule is COc1cnccc1C(=O)c1ccc(F)c(F)c1F. The van der Waals surface area contributed by atoms with E-state index in [0.29, 0.717) is 6.07 Å². The first-order chi connectivity index (χ1) is 9.06. The molecule has 0 spiro atoms. The number of rotatable bonds is 3. The van der Waals surface area contributed by atoms with Crippen molar-refractivity contribution < 1.29 is 22.7 Å². The number of aromatic nitrogens is 1. The number of hydrogen-bond acceptors (Lipinski definition) is 3. The van der Waals surface area contributed by atoms with Gasteiger partial charge in [0.05, 0.1) is 24.4 Å². The molecule has 0 aliphatic carbocycles. The predicted octanol–water partition coefficient (Wildman–Crippen LogP) is 2.74. The number of ether oxygens (including phenoxy) is 1. The average Bonchev–Trinajstić information content (AvgIpc) is 2.44. The first-order valence-electron chi connectivity index (χ1n) is 5.22. The zero-order chi connectivity index (χ0) is 14.0. The lowest BCUT2D eigenvalue weighted by molar-refractivity contribution is 0.103. The number of pyridine rings is 1. The third-order valence-electron chi connectivity index (χ3n) is 2.53. The Labute approximate surface area is 106 Å². The second-order valence-electron chi connectivity index (χ2n) is 3.63. The van der Waals surface area contributed by atoms with Crippen LogP contribution in [0.3, 0.4) is 0 Å². The Morgan fingerprint density at radius 2 is 1.84 bits per heavy atom. The van der Waals surface area contributed by atoms with Crippen molar-refractivity contribution in [2.24, 2.45) is 0 Å². The predicted molar refractivity (Wildman–Crippen MR) is 60.5 cm³/mol. The van der Waals surface area contributed by atoms with Gasteiger partial charge in [0.25, 0.3) is 0 Å². The number of carbonyl (C=O) groups is 1. The maximum atomic E-state index is 13.5. The van der Waals surface area contributed by atoms with Crippen LogP contribution in [0.2, 0.25) is 0 Å². The molecular formula is C13H8F3NO2. The van der Waals surface area contributed by atoms with Crippen molar-refractivity contribution in [3.63, 3.8) is 0 Å². The van der Waals surface area contributed by atoms with E-state index >= 15 is 0 Å². The molecule has 0 atom stereocenters. The van der Waals surface area contributed by atoms with Crippen LogP contribution < -0.4 is 4.74 Å². The highest BCUT2D eigenvalue weighted by Crippen LogP contribution is 2.23. The summed E-state index contributed by atoms with van der Waals surface area (Å²) in [5, 5.41) is 0.